The van der Waals surface area contributed by atoms with E-state index in [9.17, 15) is 16.8 Å². The molecule has 2 aliphatic rings. The Morgan fingerprint density at radius 1 is 0.957 bits per heavy atom. The van der Waals surface area contributed by atoms with Gasteiger partial charge in [0, 0.05) is 18.6 Å². The lowest BCUT2D eigenvalue weighted by atomic mass is 10.2. The van der Waals surface area contributed by atoms with Crippen LogP contribution in [0.5, 0.6) is 0 Å². The Morgan fingerprint density at radius 3 is 2.17 bits per heavy atom. The quantitative estimate of drug-likeness (QED) is 0.766. The monoisotopic (exact) mass is 358 g/mol. The van der Waals surface area contributed by atoms with E-state index in [1.807, 2.05) is 35.3 Å². The maximum absolute atomic E-state index is 11.8. The van der Waals surface area contributed by atoms with E-state index in [2.05, 4.69) is 5.43 Å². The number of hydrazine groups is 1. The lowest BCUT2D eigenvalue weighted by molar-refractivity contribution is 0.108. The molecule has 8 heteroatoms. The predicted octanol–water partition coefficient (Wildman–Crippen LogP) is 0.367. The molecule has 0 aromatic heterocycles. The molecule has 0 unspecified atom stereocenters. The van der Waals surface area contributed by atoms with Crippen molar-refractivity contribution in [2.24, 2.45) is 0 Å². The Balaban J connectivity index is 1.73. The molecular formula is C15H22N2O4S2. The normalized spacial score (nSPS) is 29.1. The molecule has 1 aromatic rings. The third-order valence-electron chi connectivity index (χ3n) is 4.43. The van der Waals surface area contributed by atoms with E-state index in [1.54, 1.807) is 0 Å². The van der Waals surface area contributed by atoms with Crippen molar-refractivity contribution in [1.29, 1.82) is 0 Å². The standard InChI is InChI=1S/C15H22N2O4S2/c18-22(19)8-6-14(11-22)16-17(10-13-4-2-1-3-5-13)15-7-9-23(20,21)12-15/h1-5,14-16H,6-12H2/t14-,15-/m0/s1. The highest BCUT2D eigenvalue weighted by Crippen LogP contribution is 2.20. The van der Waals surface area contributed by atoms with Crippen LogP contribution in [0.3, 0.4) is 0 Å². The summed E-state index contributed by atoms with van der Waals surface area (Å²) < 4.78 is 46.9. The molecule has 2 aliphatic heterocycles. The van der Waals surface area contributed by atoms with Gasteiger partial charge in [-0.15, -0.1) is 0 Å². The van der Waals surface area contributed by atoms with Gasteiger partial charge in [0.25, 0.3) is 0 Å². The van der Waals surface area contributed by atoms with Crippen molar-refractivity contribution in [2.45, 2.75) is 31.5 Å². The van der Waals surface area contributed by atoms with E-state index in [0.29, 0.717) is 19.4 Å². The van der Waals surface area contributed by atoms with Crippen LogP contribution in [0, 0.1) is 0 Å². The number of rotatable bonds is 5. The van der Waals surface area contributed by atoms with Gasteiger partial charge < -0.3 is 0 Å². The summed E-state index contributed by atoms with van der Waals surface area (Å²) in [6.45, 7) is 0.567. The average Bonchev–Trinajstić information content (AvgIpc) is 3.01. The molecule has 2 heterocycles. The van der Waals surface area contributed by atoms with E-state index in [4.69, 9.17) is 0 Å². The smallest absolute Gasteiger partial charge is 0.151 e. The molecule has 0 amide bonds. The second kappa shape index (κ2) is 6.51. The van der Waals surface area contributed by atoms with Crippen molar-refractivity contribution in [3.63, 3.8) is 0 Å². The Morgan fingerprint density at radius 2 is 1.61 bits per heavy atom. The first-order valence-electron chi connectivity index (χ1n) is 7.81. The molecule has 2 atom stereocenters. The minimum Gasteiger partial charge on any atom is -0.250 e. The van der Waals surface area contributed by atoms with Crippen molar-refractivity contribution >= 4 is 19.7 Å². The van der Waals surface area contributed by atoms with Crippen molar-refractivity contribution < 1.29 is 16.8 Å². The Bertz CT molecular complexity index is 747. The number of hydrogen-bond acceptors (Lipinski definition) is 6. The largest absolute Gasteiger partial charge is 0.250 e. The summed E-state index contributed by atoms with van der Waals surface area (Å²) in [5.41, 5.74) is 4.36. The van der Waals surface area contributed by atoms with Crippen molar-refractivity contribution in [3.05, 3.63) is 35.9 Å². The van der Waals surface area contributed by atoms with Gasteiger partial charge in [-0.1, -0.05) is 30.3 Å². The highest BCUT2D eigenvalue weighted by atomic mass is 32.2. The topological polar surface area (TPSA) is 83.6 Å². The summed E-state index contributed by atoms with van der Waals surface area (Å²) in [5, 5.41) is 1.94. The zero-order chi connectivity index (χ0) is 16.5. The van der Waals surface area contributed by atoms with Crippen LogP contribution in [0.25, 0.3) is 0 Å². The van der Waals surface area contributed by atoms with E-state index in [1.165, 1.54) is 0 Å². The Labute approximate surface area is 137 Å². The summed E-state index contributed by atoms with van der Waals surface area (Å²) in [5.74, 6) is 0.657. The fourth-order valence-electron chi connectivity index (χ4n) is 3.21. The number of nitrogens with zero attached hydrogens (tertiary/aromatic N) is 1. The molecule has 23 heavy (non-hydrogen) atoms. The molecule has 0 spiro atoms. The van der Waals surface area contributed by atoms with E-state index in [0.717, 1.165) is 5.56 Å². The van der Waals surface area contributed by atoms with Gasteiger partial charge >= 0.3 is 0 Å². The molecule has 0 saturated carbocycles. The minimum atomic E-state index is -2.99. The third-order valence-corrected chi connectivity index (χ3v) is 7.94. The van der Waals surface area contributed by atoms with Gasteiger partial charge in [0.2, 0.25) is 0 Å². The molecule has 0 aliphatic carbocycles. The maximum atomic E-state index is 11.8. The van der Waals surface area contributed by atoms with Crippen LogP contribution in [0.1, 0.15) is 18.4 Å². The summed E-state index contributed by atoms with van der Waals surface area (Å²) in [4.78, 5) is 0. The van der Waals surface area contributed by atoms with E-state index in [-0.39, 0.29) is 35.1 Å². The maximum Gasteiger partial charge on any atom is 0.151 e. The first kappa shape index (κ1) is 16.9. The van der Waals surface area contributed by atoms with Gasteiger partial charge in [0.1, 0.15) is 0 Å². The molecule has 0 bridgehead atoms. The molecule has 1 N–H and O–H groups in total. The molecule has 3 rings (SSSR count). The molecule has 2 saturated heterocycles. The fraction of sp³-hybridized carbons (Fsp3) is 0.600. The van der Waals surface area contributed by atoms with Gasteiger partial charge in [0.15, 0.2) is 19.7 Å². The van der Waals surface area contributed by atoms with Gasteiger partial charge in [-0.05, 0) is 18.4 Å². The Kier molecular flexibility index (Phi) is 4.78. The average molecular weight is 358 g/mol. The third kappa shape index (κ3) is 4.53. The molecule has 6 nitrogen and oxygen atoms in total. The zero-order valence-corrected chi connectivity index (χ0v) is 14.5. The van der Waals surface area contributed by atoms with Crippen LogP contribution < -0.4 is 5.43 Å². The predicted molar refractivity (Wildman–Crippen MR) is 89.2 cm³/mol. The SMILES string of the molecule is O=S1(=O)CC[C@H](NN(Cc2ccccc2)[C@H]2CCS(=O)(=O)C2)C1. The first-order valence-corrected chi connectivity index (χ1v) is 11.4. The van der Waals surface area contributed by atoms with E-state index >= 15 is 0 Å². The van der Waals surface area contributed by atoms with Gasteiger partial charge in [-0.2, -0.15) is 0 Å². The first-order chi connectivity index (χ1) is 10.8. The highest BCUT2D eigenvalue weighted by molar-refractivity contribution is 7.91. The second-order valence-corrected chi connectivity index (χ2v) is 10.9. The second-order valence-electron chi connectivity index (χ2n) is 6.40. The number of sulfone groups is 2. The number of hydrogen-bond donors (Lipinski definition) is 1. The summed E-state index contributed by atoms with van der Waals surface area (Å²) >= 11 is 0. The lowest BCUT2D eigenvalue weighted by Crippen LogP contribution is -2.50. The van der Waals surface area contributed by atoms with Crippen molar-refractivity contribution in [2.75, 3.05) is 23.0 Å². The molecule has 1 aromatic carbocycles. The highest BCUT2D eigenvalue weighted by Gasteiger charge is 2.35. The summed E-state index contributed by atoms with van der Waals surface area (Å²) in [6, 6.07) is 9.56. The van der Waals surface area contributed by atoms with Crippen LogP contribution in [-0.4, -0.2) is 56.9 Å². The minimum absolute atomic E-state index is 0.108. The van der Waals surface area contributed by atoms with E-state index < -0.39 is 19.7 Å². The van der Waals surface area contributed by atoms with Gasteiger partial charge in [0.05, 0.1) is 23.0 Å². The van der Waals surface area contributed by atoms with Crippen LogP contribution >= 0.6 is 0 Å². The van der Waals surface area contributed by atoms with Crippen LogP contribution in [0.4, 0.5) is 0 Å². The fourth-order valence-corrected chi connectivity index (χ4v) is 6.61. The molecule has 128 valence electrons. The van der Waals surface area contributed by atoms with Crippen LogP contribution in [0.2, 0.25) is 0 Å². The van der Waals surface area contributed by atoms with Crippen LogP contribution in [-0.2, 0) is 26.2 Å². The Hall–Kier alpha value is -0.960. The van der Waals surface area contributed by atoms with Crippen LogP contribution in [0.15, 0.2) is 30.3 Å². The van der Waals surface area contributed by atoms with Gasteiger partial charge in [-0.3, -0.25) is 5.43 Å². The summed E-state index contributed by atoms with van der Waals surface area (Å²) in [6.07, 6.45) is 1.16. The summed E-state index contributed by atoms with van der Waals surface area (Å²) in [7, 11) is -5.96. The molecular weight excluding hydrogens is 336 g/mol. The lowest BCUT2D eigenvalue weighted by Gasteiger charge is -2.31. The zero-order valence-electron chi connectivity index (χ0n) is 12.9. The number of nitrogens with one attached hydrogen (secondary N) is 1. The number of benzene rings is 1. The van der Waals surface area contributed by atoms with Gasteiger partial charge in [-0.25, -0.2) is 21.8 Å². The molecule has 2 fully saturated rings. The van der Waals surface area contributed by atoms with Crippen molar-refractivity contribution in [1.82, 2.24) is 10.4 Å². The van der Waals surface area contributed by atoms with Crippen molar-refractivity contribution in [3.8, 4) is 0 Å². The molecule has 0 radical (unpaired) electrons.